The van der Waals surface area contributed by atoms with Gasteiger partial charge >= 0.3 is 5.69 Å². The molecule has 0 N–H and O–H groups in total. The fourth-order valence-electron chi connectivity index (χ4n) is 1.43. The van der Waals surface area contributed by atoms with Crippen molar-refractivity contribution in [3.63, 3.8) is 0 Å². The van der Waals surface area contributed by atoms with E-state index in [4.69, 9.17) is 5.26 Å². The van der Waals surface area contributed by atoms with E-state index in [2.05, 4.69) is 4.98 Å². The summed E-state index contributed by atoms with van der Waals surface area (Å²) in [4.78, 5) is 27.2. The molecule has 6 nitrogen and oxygen atoms in total. The molecule has 0 amide bonds. The number of hydrogen-bond donors (Lipinski definition) is 0. The van der Waals surface area contributed by atoms with Gasteiger partial charge in [0.2, 0.25) is 0 Å². The first kappa shape index (κ1) is 10.8. The number of hydrogen-bond acceptors (Lipinski definition) is 4. The van der Waals surface area contributed by atoms with Crippen molar-refractivity contribution in [2.45, 2.75) is 0 Å². The maximum absolute atomic E-state index is 11.9. The van der Waals surface area contributed by atoms with Crippen molar-refractivity contribution in [3.05, 3.63) is 57.1 Å². The lowest BCUT2D eigenvalue weighted by Crippen LogP contribution is -2.38. The molecule has 0 bridgehead atoms. The summed E-state index contributed by atoms with van der Waals surface area (Å²) in [6, 6.07) is 5.00. The lowest BCUT2D eigenvalue weighted by atomic mass is 10.3. The van der Waals surface area contributed by atoms with Crippen molar-refractivity contribution in [2.75, 3.05) is 0 Å². The van der Waals surface area contributed by atoms with E-state index in [-0.39, 0.29) is 5.56 Å². The fraction of sp³-hybridized carbons (Fsp3) is 0.0909. The molecule has 17 heavy (non-hydrogen) atoms. The predicted molar refractivity (Wildman–Crippen MR) is 59.8 cm³/mol. The second-order valence-corrected chi connectivity index (χ2v) is 3.38. The number of nitriles is 1. The van der Waals surface area contributed by atoms with Gasteiger partial charge in [-0.25, -0.2) is 4.79 Å². The Morgan fingerprint density at radius 1 is 1.29 bits per heavy atom. The van der Waals surface area contributed by atoms with Gasteiger partial charge in [0.25, 0.3) is 5.56 Å². The SMILES string of the molecule is Cn1c(=O)c(C#N)cn(-c2ccncc2)c1=O. The highest BCUT2D eigenvalue weighted by molar-refractivity contribution is 5.32. The summed E-state index contributed by atoms with van der Waals surface area (Å²) in [6.07, 6.45) is 4.29. The molecule has 84 valence electrons. The van der Waals surface area contributed by atoms with E-state index >= 15 is 0 Å². The molecule has 0 saturated heterocycles. The van der Waals surface area contributed by atoms with Crippen LogP contribution in [0.3, 0.4) is 0 Å². The standard InChI is InChI=1S/C11H8N4O2/c1-14-10(16)8(6-12)7-15(11(14)17)9-2-4-13-5-3-9/h2-5,7H,1H3. The van der Waals surface area contributed by atoms with Crippen molar-refractivity contribution >= 4 is 0 Å². The van der Waals surface area contributed by atoms with Gasteiger partial charge in [-0.2, -0.15) is 5.26 Å². The highest BCUT2D eigenvalue weighted by atomic mass is 16.2. The highest BCUT2D eigenvalue weighted by Crippen LogP contribution is 2.01. The Morgan fingerprint density at radius 2 is 1.94 bits per heavy atom. The van der Waals surface area contributed by atoms with E-state index in [9.17, 15) is 9.59 Å². The van der Waals surface area contributed by atoms with E-state index in [0.29, 0.717) is 5.69 Å². The summed E-state index contributed by atoms with van der Waals surface area (Å²) in [5, 5.41) is 8.81. The van der Waals surface area contributed by atoms with Crippen molar-refractivity contribution in [1.29, 1.82) is 5.26 Å². The monoisotopic (exact) mass is 228 g/mol. The Hall–Kier alpha value is -2.68. The van der Waals surface area contributed by atoms with Gasteiger partial charge in [-0.3, -0.25) is 18.9 Å². The van der Waals surface area contributed by atoms with Crippen LogP contribution in [0.1, 0.15) is 5.56 Å². The molecule has 0 aliphatic heterocycles. The van der Waals surface area contributed by atoms with E-state index in [1.54, 1.807) is 18.2 Å². The van der Waals surface area contributed by atoms with Crippen LogP contribution in [0.5, 0.6) is 0 Å². The average molecular weight is 228 g/mol. The van der Waals surface area contributed by atoms with Gasteiger partial charge in [-0.15, -0.1) is 0 Å². The Labute approximate surface area is 96.0 Å². The van der Waals surface area contributed by atoms with Crippen LogP contribution in [0.2, 0.25) is 0 Å². The average Bonchev–Trinajstić information content (AvgIpc) is 2.37. The van der Waals surface area contributed by atoms with Crippen LogP contribution >= 0.6 is 0 Å². The molecule has 0 atom stereocenters. The number of nitrogens with zero attached hydrogens (tertiary/aromatic N) is 4. The van der Waals surface area contributed by atoms with Gasteiger partial charge in [-0.05, 0) is 12.1 Å². The van der Waals surface area contributed by atoms with Crippen molar-refractivity contribution in [3.8, 4) is 11.8 Å². The molecule has 2 rings (SSSR count). The molecule has 0 spiro atoms. The van der Waals surface area contributed by atoms with Gasteiger partial charge in [0.15, 0.2) is 0 Å². The van der Waals surface area contributed by atoms with Crippen molar-refractivity contribution in [1.82, 2.24) is 14.1 Å². The third-order valence-corrected chi connectivity index (χ3v) is 2.35. The molecule has 0 aliphatic carbocycles. The van der Waals surface area contributed by atoms with Crippen molar-refractivity contribution in [2.24, 2.45) is 7.05 Å². The minimum atomic E-state index is -0.595. The van der Waals surface area contributed by atoms with Crippen LogP contribution in [0.15, 0.2) is 40.3 Å². The minimum absolute atomic E-state index is 0.0797. The van der Waals surface area contributed by atoms with Gasteiger partial charge in [0.1, 0.15) is 11.6 Å². The van der Waals surface area contributed by atoms with Crippen LogP contribution in [-0.2, 0) is 7.05 Å². The molecule has 2 aromatic rings. The molecule has 0 unspecified atom stereocenters. The number of aromatic nitrogens is 3. The van der Waals surface area contributed by atoms with Crippen molar-refractivity contribution < 1.29 is 0 Å². The summed E-state index contributed by atoms with van der Waals surface area (Å²) in [5.74, 6) is 0. The third-order valence-electron chi connectivity index (χ3n) is 2.35. The highest BCUT2D eigenvalue weighted by Gasteiger charge is 2.08. The first-order valence-electron chi connectivity index (χ1n) is 4.78. The molecule has 6 heteroatoms. The predicted octanol–water partition coefficient (Wildman–Crippen LogP) is -0.197. The smallest absolute Gasteiger partial charge is 0.268 e. The first-order valence-corrected chi connectivity index (χ1v) is 4.78. The molecule has 2 aromatic heterocycles. The largest absolute Gasteiger partial charge is 0.335 e. The summed E-state index contributed by atoms with van der Waals surface area (Å²) in [6.45, 7) is 0. The van der Waals surface area contributed by atoms with Crippen LogP contribution in [-0.4, -0.2) is 14.1 Å². The van der Waals surface area contributed by atoms with Gasteiger partial charge in [0.05, 0.1) is 5.69 Å². The van der Waals surface area contributed by atoms with E-state index in [1.807, 2.05) is 0 Å². The Kier molecular flexibility index (Phi) is 2.58. The summed E-state index contributed by atoms with van der Waals surface area (Å²) >= 11 is 0. The fourth-order valence-corrected chi connectivity index (χ4v) is 1.43. The second kappa shape index (κ2) is 4.06. The molecular formula is C11H8N4O2. The molecule has 0 aliphatic rings. The second-order valence-electron chi connectivity index (χ2n) is 3.38. The Morgan fingerprint density at radius 3 is 2.53 bits per heavy atom. The molecule has 2 heterocycles. The van der Waals surface area contributed by atoms with E-state index in [1.165, 1.54) is 30.2 Å². The van der Waals surface area contributed by atoms with E-state index in [0.717, 1.165) is 4.57 Å². The Bertz CT molecular complexity index is 707. The number of pyridine rings is 1. The number of rotatable bonds is 1. The zero-order valence-electron chi connectivity index (χ0n) is 8.99. The minimum Gasteiger partial charge on any atom is -0.268 e. The summed E-state index contributed by atoms with van der Waals surface area (Å²) in [5.41, 5.74) is -0.621. The van der Waals surface area contributed by atoms with Gasteiger partial charge in [-0.1, -0.05) is 0 Å². The lowest BCUT2D eigenvalue weighted by molar-refractivity contribution is 0.724. The van der Waals surface area contributed by atoms with Crippen LogP contribution < -0.4 is 11.2 Å². The molecule has 0 radical (unpaired) electrons. The van der Waals surface area contributed by atoms with Crippen LogP contribution in [0.4, 0.5) is 0 Å². The zero-order chi connectivity index (χ0) is 12.4. The van der Waals surface area contributed by atoms with E-state index < -0.39 is 11.2 Å². The third kappa shape index (κ3) is 1.74. The van der Waals surface area contributed by atoms with Crippen LogP contribution in [0, 0.1) is 11.3 Å². The molecular weight excluding hydrogens is 220 g/mol. The Balaban J connectivity index is 2.82. The molecule has 0 aromatic carbocycles. The quantitative estimate of drug-likeness (QED) is 0.677. The zero-order valence-corrected chi connectivity index (χ0v) is 8.99. The summed E-state index contributed by atoms with van der Waals surface area (Å²) < 4.78 is 2.14. The lowest BCUT2D eigenvalue weighted by Gasteiger charge is -2.07. The normalized spacial score (nSPS) is 9.88. The maximum atomic E-state index is 11.9. The van der Waals surface area contributed by atoms with Gasteiger partial charge in [0, 0.05) is 25.6 Å². The maximum Gasteiger partial charge on any atom is 0.335 e. The van der Waals surface area contributed by atoms with Crippen LogP contribution in [0.25, 0.3) is 5.69 Å². The summed E-state index contributed by atoms with van der Waals surface area (Å²) in [7, 11) is 1.34. The van der Waals surface area contributed by atoms with Gasteiger partial charge < -0.3 is 0 Å². The molecule has 0 saturated carbocycles. The topological polar surface area (TPSA) is 80.7 Å². The first-order chi connectivity index (χ1) is 8.15. The molecule has 0 fully saturated rings.